The van der Waals surface area contributed by atoms with Gasteiger partial charge in [0.25, 0.3) is 0 Å². The third-order valence-corrected chi connectivity index (χ3v) is 1.62. The molecule has 1 aromatic rings. The van der Waals surface area contributed by atoms with Crippen molar-refractivity contribution in [1.82, 2.24) is 0 Å². The maximum absolute atomic E-state index is 11.7. The number of rotatable bonds is 1. The molecule has 0 aliphatic heterocycles. The monoisotopic (exact) mass is 209 g/mol. The maximum atomic E-state index is 11.7. The van der Waals surface area contributed by atoms with Crippen molar-refractivity contribution in [3.8, 4) is 5.75 Å². The average molecular weight is 210 g/mol. The van der Waals surface area contributed by atoms with Crippen LogP contribution in [-0.4, -0.2) is 6.36 Å². The van der Waals surface area contributed by atoms with Gasteiger partial charge in [-0.05, 0) is 30.7 Å². The summed E-state index contributed by atoms with van der Waals surface area (Å²) in [4.78, 5) is 0. The highest BCUT2D eigenvalue weighted by Crippen LogP contribution is 2.26. The zero-order valence-electron chi connectivity index (χ0n) is 6.36. The van der Waals surface area contributed by atoms with Crippen LogP contribution >= 0.6 is 11.6 Å². The third kappa shape index (κ3) is 3.14. The third-order valence-electron chi connectivity index (χ3n) is 1.25. The largest absolute Gasteiger partial charge is 0.573 e. The number of ether oxygens (including phenoxy) is 1. The van der Waals surface area contributed by atoms with Crippen LogP contribution in [0.3, 0.4) is 0 Å². The summed E-state index contributed by atoms with van der Waals surface area (Å²) in [6, 6.07) is 3.55. The van der Waals surface area contributed by atoms with E-state index in [4.69, 9.17) is 11.6 Å². The molecule has 0 spiro atoms. The van der Waals surface area contributed by atoms with Gasteiger partial charge in [0.2, 0.25) is 0 Å². The van der Waals surface area contributed by atoms with Gasteiger partial charge < -0.3 is 4.74 Å². The van der Waals surface area contributed by atoms with Gasteiger partial charge in [0.05, 0.1) is 0 Å². The first-order valence-corrected chi connectivity index (χ1v) is 3.63. The molecule has 1 aromatic carbocycles. The molecule has 1 rings (SSSR count). The second-order valence-electron chi connectivity index (χ2n) is 2.30. The van der Waals surface area contributed by atoms with E-state index in [-0.39, 0.29) is 5.75 Å². The lowest BCUT2D eigenvalue weighted by Crippen LogP contribution is -2.17. The van der Waals surface area contributed by atoms with Crippen molar-refractivity contribution in [2.75, 3.05) is 0 Å². The molecule has 0 amide bonds. The predicted octanol–water partition coefficient (Wildman–Crippen LogP) is 3.42. The predicted molar refractivity (Wildman–Crippen MR) is 42.6 cm³/mol. The van der Waals surface area contributed by atoms with E-state index >= 15 is 0 Å². The molecule has 0 fully saturated rings. The highest BCUT2D eigenvalue weighted by Gasteiger charge is 2.31. The molecule has 0 saturated heterocycles. The summed E-state index contributed by atoms with van der Waals surface area (Å²) in [6.45, 7) is 3.43. The summed E-state index contributed by atoms with van der Waals surface area (Å²) in [5.41, 5.74) is 0.295. The highest BCUT2D eigenvalue weighted by atomic mass is 35.5. The van der Waals surface area contributed by atoms with Crippen molar-refractivity contribution in [1.29, 1.82) is 0 Å². The van der Waals surface area contributed by atoms with Crippen molar-refractivity contribution in [2.45, 2.75) is 6.36 Å². The maximum Gasteiger partial charge on any atom is 0.573 e. The Kier molecular flexibility index (Phi) is 2.71. The van der Waals surface area contributed by atoms with Crippen LogP contribution in [0.5, 0.6) is 5.75 Å². The molecule has 0 aromatic heterocycles. The lowest BCUT2D eigenvalue weighted by molar-refractivity contribution is -0.274. The van der Waals surface area contributed by atoms with Crippen molar-refractivity contribution in [3.63, 3.8) is 0 Å². The Bertz CT molecular complexity index is 309. The fraction of sp³-hybridized carbons (Fsp3) is 0.125. The second-order valence-corrected chi connectivity index (χ2v) is 2.71. The minimum atomic E-state index is -4.68. The molecule has 0 aliphatic carbocycles. The molecule has 1 nitrogen and oxygen atoms in total. The van der Waals surface area contributed by atoms with Crippen molar-refractivity contribution in [2.24, 2.45) is 0 Å². The van der Waals surface area contributed by atoms with Crippen LogP contribution in [0, 0.1) is 6.92 Å². The second kappa shape index (κ2) is 3.46. The van der Waals surface area contributed by atoms with Crippen LogP contribution in [0.2, 0.25) is 5.02 Å². The molecule has 0 atom stereocenters. The Morgan fingerprint density at radius 1 is 1.31 bits per heavy atom. The number of hydrogen-bond donors (Lipinski definition) is 0. The van der Waals surface area contributed by atoms with E-state index in [1.54, 1.807) is 0 Å². The molecular formula is C8H5ClF3O. The number of hydrogen-bond acceptors (Lipinski definition) is 1. The zero-order chi connectivity index (χ0) is 10.1. The van der Waals surface area contributed by atoms with Gasteiger partial charge in [-0.3, -0.25) is 0 Å². The van der Waals surface area contributed by atoms with Gasteiger partial charge in [-0.1, -0.05) is 11.6 Å². The average Bonchev–Trinajstić information content (AvgIpc) is 1.94. The van der Waals surface area contributed by atoms with E-state index in [2.05, 4.69) is 11.7 Å². The van der Waals surface area contributed by atoms with E-state index in [9.17, 15) is 13.2 Å². The van der Waals surface area contributed by atoms with Gasteiger partial charge in [-0.15, -0.1) is 13.2 Å². The van der Waals surface area contributed by atoms with Crippen LogP contribution in [0.15, 0.2) is 18.2 Å². The molecule has 1 radical (unpaired) electrons. The summed E-state index contributed by atoms with van der Waals surface area (Å²) in [6.07, 6.45) is -4.68. The molecule has 71 valence electrons. The van der Waals surface area contributed by atoms with Gasteiger partial charge in [-0.25, -0.2) is 0 Å². The quantitative estimate of drug-likeness (QED) is 0.689. The highest BCUT2D eigenvalue weighted by molar-refractivity contribution is 6.31. The molecule has 0 bridgehead atoms. The van der Waals surface area contributed by atoms with E-state index in [1.165, 1.54) is 6.07 Å². The normalized spacial score (nSPS) is 11.5. The Hall–Kier alpha value is -0.900. The van der Waals surface area contributed by atoms with E-state index in [0.717, 1.165) is 12.1 Å². The lowest BCUT2D eigenvalue weighted by atomic mass is 10.2. The summed E-state index contributed by atoms with van der Waals surface area (Å²) >= 11 is 5.55. The van der Waals surface area contributed by atoms with Gasteiger partial charge in [-0.2, -0.15) is 0 Å². The SMILES string of the molecule is [CH2]c1cc(OC(F)(F)F)ccc1Cl. The standard InChI is InChI=1S/C8H5ClF3O/c1-5-4-6(2-3-7(5)9)13-8(10,11)12/h2-4H,1H2. The van der Waals surface area contributed by atoms with Gasteiger partial charge in [0.1, 0.15) is 5.75 Å². The molecule has 0 unspecified atom stereocenters. The number of benzene rings is 1. The van der Waals surface area contributed by atoms with Gasteiger partial charge in [0, 0.05) is 5.02 Å². The van der Waals surface area contributed by atoms with Crippen LogP contribution in [0.4, 0.5) is 13.2 Å². The van der Waals surface area contributed by atoms with Crippen LogP contribution in [-0.2, 0) is 0 Å². The molecule has 0 N–H and O–H groups in total. The molecule has 0 heterocycles. The van der Waals surface area contributed by atoms with E-state index in [0.29, 0.717) is 10.6 Å². The molecule has 0 aliphatic rings. The van der Waals surface area contributed by atoms with Crippen LogP contribution in [0.25, 0.3) is 0 Å². The summed E-state index contributed by atoms with van der Waals surface area (Å²) in [5.74, 6) is -0.318. The minimum Gasteiger partial charge on any atom is -0.406 e. The minimum absolute atomic E-state index is 0.295. The number of alkyl halides is 3. The summed E-state index contributed by atoms with van der Waals surface area (Å²) < 4.78 is 38.7. The smallest absolute Gasteiger partial charge is 0.406 e. The molecule has 13 heavy (non-hydrogen) atoms. The zero-order valence-corrected chi connectivity index (χ0v) is 7.12. The fourth-order valence-corrected chi connectivity index (χ4v) is 0.866. The van der Waals surface area contributed by atoms with Crippen molar-refractivity contribution < 1.29 is 17.9 Å². The van der Waals surface area contributed by atoms with Crippen LogP contribution < -0.4 is 4.74 Å². The topological polar surface area (TPSA) is 9.23 Å². The Labute approximate surface area is 78.1 Å². The fourth-order valence-electron chi connectivity index (χ4n) is 0.748. The van der Waals surface area contributed by atoms with Crippen molar-refractivity contribution >= 4 is 11.6 Å². The first-order valence-electron chi connectivity index (χ1n) is 3.26. The number of halogens is 4. The first kappa shape index (κ1) is 10.2. The Morgan fingerprint density at radius 2 is 1.92 bits per heavy atom. The van der Waals surface area contributed by atoms with E-state index in [1.807, 2.05) is 0 Å². The molecular weight excluding hydrogens is 205 g/mol. The molecule has 5 heteroatoms. The van der Waals surface area contributed by atoms with E-state index < -0.39 is 6.36 Å². The molecule has 0 saturated carbocycles. The summed E-state index contributed by atoms with van der Waals surface area (Å²) in [7, 11) is 0. The first-order chi connectivity index (χ1) is 5.88. The summed E-state index contributed by atoms with van der Waals surface area (Å²) in [5, 5.41) is 0.300. The Balaban J connectivity index is 2.86. The van der Waals surface area contributed by atoms with Gasteiger partial charge >= 0.3 is 6.36 Å². The van der Waals surface area contributed by atoms with Gasteiger partial charge in [0.15, 0.2) is 0 Å². The Morgan fingerprint density at radius 3 is 2.38 bits per heavy atom. The van der Waals surface area contributed by atoms with Crippen molar-refractivity contribution in [3.05, 3.63) is 35.7 Å². The lowest BCUT2D eigenvalue weighted by Gasteiger charge is -2.09. The van der Waals surface area contributed by atoms with Crippen LogP contribution in [0.1, 0.15) is 5.56 Å².